The van der Waals surface area contributed by atoms with E-state index in [2.05, 4.69) is 5.32 Å². The third-order valence-corrected chi connectivity index (χ3v) is 6.41. The van der Waals surface area contributed by atoms with Gasteiger partial charge in [0.1, 0.15) is 22.0 Å². The smallest absolute Gasteiger partial charge is 0.342 e. The van der Waals surface area contributed by atoms with Crippen LogP contribution in [0.5, 0.6) is 11.5 Å². The number of ether oxygens (including phenoxy) is 3. The lowest BCUT2D eigenvalue weighted by Gasteiger charge is -2.26. The number of phenolic OH excluding ortho intramolecular Hbond substituents is 1. The number of morpholine rings is 1. The zero-order chi connectivity index (χ0) is 22.4. The van der Waals surface area contributed by atoms with Gasteiger partial charge in [-0.15, -0.1) is 0 Å². The van der Waals surface area contributed by atoms with Gasteiger partial charge in [0, 0.05) is 18.8 Å². The number of benzene rings is 2. The molecule has 31 heavy (non-hydrogen) atoms. The fourth-order valence-corrected chi connectivity index (χ4v) is 4.52. The van der Waals surface area contributed by atoms with Crippen molar-refractivity contribution < 1.29 is 37.3 Å². The first kappa shape index (κ1) is 22.5. The first-order valence-corrected chi connectivity index (χ1v) is 10.8. The maximum Gasteiger partial charge on any atom is 0.342 e. The van der Waals surface area contributed by atoms with E-state index in [9.17, 15) is 23.1 Å². The van der Waals surface area contributed by atoms with Crippen molar-refractivity contribution in [3.8, 4) is 11.5 Å². The molecule has 0 atom stereocenters. The van der Waals surface area contributed by atoms with Crippen LogP contribution in [0.2, 0.25) is 0 Å². The van der Waals surface area contributed by atoms with Crippen LogP contribution in [0, 0.1) is 0 Å². The highest BCUT2D eigenvalue weighted by molar-refractivity contribution is 7.89. The summed E-state index contributed by atoms with van der Waals surface area (Å²) in [6, 6.07) is 9.96. The summed E-state index contributed by atoms with van der Waals surface area (Å²) in [5.74, 6) is -1.67. The molecule has 0 radical (unpaired) electrons. The summed E-state index contributed by atoms with van der Waals surface area (Å²) in [6.45, 7) is 0.389. The Bertz CT molecular complexity index is 1060. The number of sulfonamides is 1. The van der Waals surface area contributed by atoms with Crippen LogP contribution in [0.4, 0.5) is 5.69 Å². The van der Waals surface area contributed by atoms with E-state index in [-0.39, 0.29) is 40.7 Å². The molecule has 0 aliphatic carbocycles. The fraction of sp³-hybridized carbons (Fsp3) is 0.300. The Kier molecular flexibility index (Phi) is 7.10. The highest BCUT2D eigenvalue weighted by Crippen LogP contribution is 2.30. The number of amides is 1. The number of carbonyl (C=O) groups is 2. The van der Waals surface area contributed by atoms with E-state index in [0.29, 0.717) is 13.2 Å². The molecule has 0 bridgehead atoms. The van der Waals surface area contributed by atoms with Crippen LogP contribution in [0.15, 0.2) is 47.4 Å². The summed E-state index contributed by atoms with van der Waals surface area (Å²) in [5, 5.41) is 12.2. The minimum atomic E-state index is -3.87. The molecule has 0 spiro atoms. The van der Waals surface area contributed by atoms with Crippen LogP contribution in [0.3, 0.4) is 0 Å². The minimum absolute atomic E-state index is 0.0707. The maximum absolute atomic E-state index is 13.0. The summed E-state index contributed by atoms with van der Waals surface area (Å²) in [4.78, 5) is 24.1. The summed E-state index contributed by atoms with van der Waals surface area (Å²) in [5.41, 5.74) is 0.120. The van der Waals surface area contributed by atoms with Gasteiger partial charge in [-0.1, -0.05) is 12.1 Å². The van der Waals surface area contributed by atoms with Crippen molar-refractivity contribution in [2.75, 3.05) is 45.3 Å². The molecule has 2 N–H and O–H groups in total. The molecule has 2 aromatic carbocycles. The predicted molar refractivity (Wildman–Crippen MR) is 110 cm³/mol. The predicted octanol–water partition coefficient (Wildman–Crippen LogP) is 1.22. The van der Waals surface area contributed by atoms with Gasteiger partial charge >= 0.3 is 5.97 Å². The average molecular weight is 450 g/mol. The number of nitrogens with one attached hydrogen (secondary N) is 1. The van der Waals surface area contributed by atoms with Gasteiger partial charge in [0.05, 0.1) is 20.3 Å². The average Bonchev–Trinajstić information content (AvgIpc) is 2.78. The molecule has 2 aromatic rings. The summed E-state index contributed by atoms with van der Waals surface area (Å²) < 4.78 is 42.6. The van der Waals surface area contributed by atoms with Gasteiger partial charge in [0.15, 0.2) is 6.61 Å². The molecule has 1 fully saturated rings. The molecule has 1 aliphatic rings. The standard InChI is InChI=1S/C20H22N2O8S/c1-28-17-7-6-14(12-18(17)31(26,27)22-8-10-29-11-9-22)21-19(24)13-30-20(25)15-4-2-3-5-16(15)23/h2-7,12,23H,8-11,13H2,1H3,(H,21,24). The monoisotopic (exact) mass is 450 g/mol. The Hall–Kier alpha value is -3.15. The van der Waals surface area contributed by atoms with Crippen LogP contribution in [0.1, 0.15) is 10.4 Å². The van der Waals surface area contributed by atoms with Gasteiger partial charge < -0.3 is 24.6 Å². The van der Waals surface area contributed by atoms with E-state index in [1.807, 2.05) is 0 Å². The van der Waals surface area contributed by atoms with Gasteiger partial charge in [-0.3, -0.25) is 4.79 Å². The number of nitrogens with zero attached hydrogens (tertiary/aromatic N) is 1. The van der Waals surface area contributed by atoms with Crippen LogP contribution in [0.25, 0.3) is 0 Å². The van der Waals surface area contributed by atoms with E-state index in [4.69, 9.17) is 14.2 Å². The second kappa shape index (κ2) is 9.77. The molecule has 3 rings (SSSR count). The highest BCUT2D eigenvalue weighted by Gasteiger charge is 2.29. The molecule has 0 saturated carbocycles. The molecule has 1 amide bonds. The number of hydrogen-bond acceptors (Lipinski definition) is 8. The molecular formula is C20H22N2O8S. The van der Waals surface area contributed by atoms with E-state index in [0.717, 1.165) is 0 Å². The second-order valence-electron chi connectivity index (χ2n) is 6.52. The SMILES string of the molecule is COc1ccc(NC(=O)COC(=O)c2ccccc2O)cc1S(=O)(=O)N1CCOCC1. The van der Waals surface area contributed by atoms with Crippen LogP contribution >= 0.6 is 0 Å². The van der Waals surface area contributed by atoms with Crippen LogP contribution in [-0.2, 0) is 24.3 Å². The number of hydrogen-bond donors (Lipinski definition) is 2. The topological polar surface area (TPSA) is 131 Å². The maximum atomic E-state index is 13.0. The molecule has 1 heterocycles. The number of phenols is 1. The zero-order valence-electron chi connectivity index (χ0n) is 16.7. The van der Waals surface area contributed by atoms with Crippen LogP contribution < -0.4 is 10.1 Å². The lowest BCUT2D eigenvalue weighted by Crippen LogP contribution is -2.40. The molecule has 0 aromatic heterocycles. The van der Waals surface area contributed by atoms with Crippen molar-refractivity contribution in [3.63, 3.8) is 0 Å². The number of carbonyl (C=O) groups excluding carboxylic acids is 2. The Morgan fingerprint density at radius 3 is 2.55 bits per heavy atom. The minimum Gasteiger partial charge on any atom is -0.507 e. The van der Waals surface area contributed by atoms with Crippen LogP contribution in [-0.4, -0.2) is 69.7 Å². The van der Waals surface area contributed by atoms with Crippen molar-refractivity contribution in [2.45, 2.75) is 4.90 Å². The lowest BCUT2D eigenvalue weighted by atomic mass is 10.2. The number of anilines is 1. The molecular weight excluding hydrogens is 428 g/mol. The van der Waals surface area contributed by atoms with E-state index < -0.39 is 28.5 Å². The van der Waals surface area contributed by atoms with Gasteiger partial charge in [-0.25, -0.2) is 13.2 Å². The number of methoxy groups -OCH3 is 1. The lowest BCUT2D eigenvalue weighted by molar-refractivity contribution is -0.119. The van der Waals surface area contributed by atoms with E-state index >= 15 is 0 Å². The number of para-hydroxylation sites is 1. The van der Waals surface area contributed by atoms with E-state index in [1.54, 1.807) is 12.1 Å². The summed E-state index contributed by atoms with van der Waals surface area (Å²) in [7, 11) is -2.51. The summed E-state index contributed by atoms with van der Waals surface area (Å²) >= 11 is 0. The zero-order valence-corrected chi connectivity index (χ0v) is 17.6. The molecule has 1 saturated heterocycles. The third-order valence-electron chi connectivity index (χ3n) is 4.49. The number of esters is 1. The van der Waals surface area contributed by atoms with Crippen molar-refractivity contribution in [2.24, 2.45) is 0 Å². The fourth-order valence-electron chi connectivity index (χ4n) is 2.93. The van der Waals surface area contributed by atoms with E-state index in [1.165, 1.54) is 41.7 Å². The van der Waals surface area contributed by atoms with Crippen molar-refractivity contribution in [3.05, 3.63) is 48.0 Å². The van der Waals surface area contributed by atoms with Gasteiger partial charge in [-0.05, 0) is 30.3 Å². The second-order valence-corrected chi connectivity index (χ2v) is 8.43. The molecule has 10 nitrogen and oxygen atoms in total. The van der Waals surface area contributed by atoms with Gasteiger partial charge in [0.2, 0.25) is 10.0 Å². The Labute approximate surface area is 179 Å². The van der Waals surface area contributed by atoms with Gasteiger partial charge in [0.25, 0.3) is 5.91 Å². The third kappa shape index (κ3) is 5.32. The Morgan fingerprint density at radius 1 is 1.16 bits per heavy atom. The quantitative estimate of drug-likeness (QED) is 0.602. The first-order chi connectivity index (χ1) is 14.8. The molecule has 11 heteroatoms. The number of rotatable bonds is 7. The van der Waals surface area contributed by atoms with Crippen molar-refractivity contribution >= 4 is 27.6 Å². The normalized spacial score (nSPS) is 14.6. The highest BCUT2D eigenvalue weighted by atomic mass is 32.2. The Morgan fingerprint density at radius 2 is 1.87 bits per heavy atom. The van der Waals surface area contributed by atoms with Crippen molar-refractivity contribution in [1.29, 1.82) is 0 Å². The van der Waals surface area contributed by atoms with Crippen molar-refractivity contribution in [1.82, 2.24) is 4.31 Å². The molecule has 1 aliphatic heterocycles. The molecule has 166 valence electrons. The molecule has 0 unspecified atom stereocenters. The number of aromatic hydroxyl groups is 1. The Balaban J connectivity index is 1.70. The largest absolute Gasteiger partial charge is 0.507 e. The first-order valence-electron chi connectivity index (χ1n) is 9.34. The summed E-state index contributed by atoms with van der Waals surface area (Å²) in [6.07, 6.45) is 0. The van der Waals surface area contributed by atoms with Gasteiger partial charge in [-0.2, -0.15) is 4.31 Å².